The first-order chi connectivity index (χ1) is 9.56. The molecule has 1 N–H and O–H groups in total. The molecule has 112 valence electrons. The molecule has 0 amide bonds. The maximum Gasteiger partial charge on any atom is 0.0247 e. The van der Waals surface area contributed by atoms with E-state index in [9.17, 15) is 0 Å². The number of nitrogens with one attached hydrogen (secondary N) is 1. The Balaban J connectivity index is 2.01. The third-order valence-corrected chi connectivity index (χ3v) is 4.94. The zero-order valence-electron chi connectivity index (χ0n) is 13.0. The minimum atomic E-state index is 0.588. The summed E-state index contributed by atoms with van der Waals surface area (Å²) in [5.74, 6) is 0.801. The Morgan fingerprint density at radius 3 is 2.80 bits per heavy atom. The Labute approximate surface area is 132 Å². The second kappa shape index (κ2) is 7.58. The first kappa shape index (κ1) is 16.0. The predicted octanol–water partition coefficient (Wildman–Crippen LogP) is 3.97. The SMILES string of the molecule is Cc1ccc(CN(CC2CCCNC2)C(C)C)c(Br)c1. The van der Waals surface area contributed by atoms with Crippen LogP contribution in [0.1, 0.15) is 37.8 Å². The van der Waals surface area contributed by atoms with Crippen molar-refractivity contribution in [3.8, 4) is 0 Å². The summed E-state index contributed by atoms with van der Waals surface area (Å²) in [6.07, 6.45) is 2.69. The van der Waals surface area contributed by atoms with Gasteiger partial charge in [-0.05, 0) is 69.8 Å². The molecule has 2 rings (SSSR count). The summed E-state index contributed by atoms with van der Waals surface area (Å²) >= 11 is 3.71. The van der Waals surface area contributed by atoms with Crippen LogP contribution in [0.5, 0.6) is 0 Å². The van der Waals surface area contributed by atoms with Gasteiger partial charge in [-0.25, -0.2) is 0 Å². The molecule has 0 spiro atoms. The molecule has 0 aromatic heterocycles. The minimum absolute atomic E-state index is 0.588. The summed E-state index contributed by atoms with van der Waals surface area (Å²) in [5, 5.41) is 3.53. The van der Waals surface area contributed by atoms with Gasteiger partial charge in [-0.3, -0.25) is 4.90 Å². The summed E-state index contributed by atoms with van der Waals surface area (Å²) < 4.78 is 1.24. The van der Waals surface area contributed by atoms with E-state index in [1.807, 2.05) is 0 Å². The van der Waals surface area contributed by atoms with Crippen LogP contribution in [-0.2, 0) is 6.54 Å². The van der Waals surface area contributed by atoms with Gasteiger partial charge in [0.2, 0.25) is 0 Å². The molecule has 1 aromatic carbocycles. The van der Waals surface area contributed by atoms with Crippen LogP contribution in [-0.4, -0.2) is 30.6 Å². The lowest BCUT2D eigenvalue weighted by molar-refractivity contribution is 0.163. The van der Waals surface area contributed by atoms with Crippen LogP contribution in [0.2, 0.25) is 0 Å². The summed E-state index contributed by atoms with van der Waals surface area (Å²) in [6, 6.07) is 7.27. The lowest BCUT2D eigenvalue weighted by Crippen LogP contribution is -2.40. The largest absolute Gasteiger partial charge is 0.316 e. The second-order valence-corrected chi connectivity index (χ2v) is 7.18. The van der Waals surface area contributed by atoms with Crippen LogP contribution in [0, 0.1) is 12.8 Å². The molecule has 1 saturated heterocycles. The predicted molar refractivity (Wildman–Crippen MR) is 90.0 cm³/mol. The fraction of sp³-hybridized carbons (Fsp3) is 0.647. The van der Waals surface area contributed by atoms with Crippen LogP contribution in [0.25, 0.3) is 0 Å². The first-order valence-corrected chi connectivity index (χ1v) is 8.55. The van der Waals surface area contributed by atoms with Crippen LogP contribution < -0.4 is 5.32 Å². The Hall–Kier alpha value is -0.380. The van der Waals surface area contributed by atoms with E-state index in [1.54, 1.807) is 0 Å². The highest BCUT2D eigenvalue weighted by Gasteiger charge is 2.19. The van der Waals surface area contributed by atoms with Crippen molar-refractivity contribution in [1.82, 2.24) is 10.2 Å². The molecule has 2 nitrogen and oxygen atoms in total. The average Bonchev–Trinajstić information content (AvgIpc) is 2.42. The van der Waals surface area contributed by atoms with Gasteiger partial charge >= 0.3 is 0 Å². The number of hydrogen-bond acceptors (Lipinski definition) is 2. The number of aryl methyl sites for hydroxylation is 1. The molecule has 3 heteroatoms. The molecular formula is C17H27BrN2. The van der Waals surface area contributed by atoms with Gasteiger partial charge in [0.15, 0.2) is 0 Å². The fourth-order valence-electron chi connectivity index (χ4n) is 2.87. The highest BCUT2D eigenvalue weighted by molar-refractivity contribution is 9.10. The fourth-order valence-corrected chi connectivity index (χ4v) is 3.49. The zero-order chi connectivity index (χ0) is 14.5. The molecule has 1 aromatic rings. The number of nitrogens with zero attached hydrogens (tertiary/aromatic N) is 1. The molecule has 1 atom stereocenters. The molecule has 0 aliphatic carbocycles. The Kier molecular flexibility index (Phi) is 6.06. The number of rotatable bonds is 5. The van der Waals surface area contributed by atoms with E-state index >= 15 is 0 Å². The highest BCUT2D eigenvalue weighted by atomic mass is 79.9. The normalized spacial score (nSPS) is 19.8. The van der Waals surface area contributed by atoms with Crippen LogP contribution >= 0.6 is 15.9 Å². The molecule has 0 radical (unpaired) electrons. The maximum absolute atomic E-state index is 3.71. The molecule has 1 aliphatic heterocycles. The number of benzene rings is 1. The summed E-state index contributed by atoms with van der Waals surface area (Å²) in [4.78, 5) is 2.60. The van der Waals surface area contributed by atoms with Crippen molar-refractivity contribution >= 4 is 15.9 Å². The summed E-state index contributed by atoms with van der Waals surface area (Å²) in [7, 11) is 0. The van der Waals surface area contributed by atoms with Crippen molar-refractivity contribution in [3.63, 3.8) is 0 Å². The van der Waals surface area contributed by atoms with Crippen LogP contribution in [0.4, 0.5) is 0 Å². The van der Waals surface area contributed by atoms with E-state index in [4.69, 9.17) is 0 Å². The first-order valence-electron chi connectivity index (χ1n) is 7.76. The Bertz CT molecular complexity index is 425. The average molecular weight is 339 g/mol. The minimum Gasteiger partial charge on any atom is -0.316 e. The van der Waals surface area contributed by atoms with Gasteiger partial charge < -0.3 is 5.32 Å². The third kappa shape index (κ3) is 4.57. The quantitative estimate of drug-likeness (QED) is 0.873. The third-order valence-electron chi connectivity index (χ3n) is 4.20. The number of hydrogen-bond donors (Lipinski definition) is 1. The monoisotopic (exact) mass is 338 g/mol. The van der Waals surface area contributed by atoms with Crippen molar-refractivity contribution in [2.75, 3.05) is 19.6 Å². The van der Waals surface area contributed by atoms with Crippen molar-refractivity contribution in [2.45, 2.75) is 46.2 Å². The molecule has 1 unspecified atom stereocenters. The van der Waals surface area contributed by atoms with Crippen molar-refractivity contribution in [1.29, 1.82) is 0 Å². The smallest absolute Gasteiger partial charge is 0.0247 e. The van der Waals surface area contributed by atoms with Gasteiger partial charge in [-0.1, -0.05) is 28.1 Å². The van der Waals surface area contributed by atoms with E-state index in [2.05, 4.69) is 65.1 Å². The van der Waals surface area contributed by atoms with Gasteiger partial charge in [0, 0.05) is 23.6 Å². The molecule has 0 saturated carbocycles. The van der Waals surface area contributed by atoms with Crippen molar-refractivity contribution < 1.29 is 0 Å². The lowest BCUT2D eigenvalue weighted by atomic mass is 9.98. The maximum atomic E-state index is 3.71. The molecule has 20 heavy (non-hydrogen) atoms. The van der Waals surface area contributed by atoms with Crippen LogP contribution in [0.15, 0.2) is 22.7 Å². The second-order valence-electron chi connectivity index (χ2n) is 6.33. The highest BCUT2D eigenvalue weighted by Crippen LogP contribution is 2.22. The van der Waals surface area contributed by atoms with Gasteiger partial charge in [0.25, 0.3) is 0 Å². The lowest BCUT2D eigenvalue weighted by Gasteiger charge is -2.33. The van der Waals surface area contributed by atoms with Gasteiger partial charge in [0.05, 0.1) is 0 Å². The van der Waals surface area contributed by atoms with Gasteiger partial charge in [-0.15, -0.1) is 0 Å². The summed E-state index contributed by atoms with van der Waals surface area (Å²) in [5.41, 5.74) is 2.71. The number of halogens is 1. The molecule has 1 fully saturated rings. The Morgan fingerprint density at radius 2 is 2.20 bits per heavy atom. The van der Waals surface area contributed by atoms with Crippen molar-refractivity contribution in [3.05, 3.63) is 33.8 Å². The zero-order valence-corrected chi connectivity index (χ0v) is 14.5. The van der Waals surface area contributed by atoms with E-state index in [1.165, 1.54) is 48.1 Å². The molecule has 1 heterocycles. The van der Waals surface area contributed by atoms with Crippen molar-refractivity contribution in [2.24, 2.45) is 5.92 Å². The number of piperidine rings is 1. The van der Waals surface area contributed by atoms with Gasteiger partial charge in [0.1, 0.15) is 0 Å². The van der Waals surface area contributed by atoms with Gasteiger partial charge in [-0.2, -0.15) is 0 Å². The molecular weight excluding hydrogens is 312 g/mol. The summed E-state index contributed by atoms with van der Waals surface area (Å²) in [6.45, 7) is 11.4. The standard InChI is InChI=1S/C17H27BrN2/c1-13(2)20(11-15-5-4-8-19-10-15)12-16-7-6-14(3)9-17(16)18/h6-7,9,13,15,19H,4-5,8,10-12H2,1-3H3. The van der Waals surface area contributed by atoms with E-state index in [0.29, 0.717) is 6.04 Å². The van der Waals surface area contributed by atoms with E-state index < -0.39 is 0 Å². The van der Waals surface area contributed by atoms with E-state index in [-0.39, 0.29) is 0 Å². The Morgan fingerprint density at radius 1 is 1.40 bits per heavy atom. The van der Waals surface area contributed by atoms with Crippen LogP contribution in [0.3, 0.4) is 0 Å². The molecule has 1 aliphatic rings. The topological polar surface area (TPSA) is 15.3 Å². The molecule has 0 bridgehead atoms. The van der Waals surface area contributed by atoms with E-state index in [0.717, 1.165) is 12.5 Å².